The Morgan fingerprint density at radius 1 is 1.04 bits per heavy atom. The van der Waals surface area contributed by atoms with Gasteiger partial charge in [-0.3, -0.25) is 4.79 Å². The second kappa shape index (κ2) is 6.70. The van der Waals surface area contributed by atoms with Gasteiger partial charge in [0.1, 0.15) is 5.01 Å². The number of nitrogens with zero attached hydrogens (tertiary/aromatic N) is 3. The number of hydrogen-bond donors (Lipinski definition) is 1. The molecular weight excluding hydrogens is 332 g/mol. The van der Waals surface area contributed by atoms with Gasteiger partial charge >= 0.3 is 0 Å². The molecule has 0 aliphatic heterocycles. The van der Waals surface area contributed by atoms with Gasteiger partial charge < -0.3 is 5.32 Å². The molecular formula is C19H14N4OS. The summed E-state index contributed by atoms with van der Waals surface area (Å²) in [4.78, 5) is 17.1. The molecule has 0 saturated carbocycles. The maximum absolute atomic E-state index is 12.8. The van der Waals surface area contributed by atoms with Crippen LogP contribution in [0, 0.1) is 0 Å². The lowest BCUT2D eigenvalue weighted by Gasteiger charge is -2.10. The van der Waals surface area contributed by atoms with Crippen LogP contribution in [0.2, 0.25) is 0 Å². The number of amides is 1. The van der Waals surface area contributed by atoms with E-state index < -0.39 is 0 Å². The zero-order valence-electron chi connectivity index (χ0n) is 13.2. The predicted molar refractivity (Wildman–Crippen MR) is 99.1 cm³/mol. The highest BCUT2D eigenvalue weighted by molar-refractivity contribution is 7.13. The number of benzene rings is 2. The Bertz CT molecular complexity index is 994. The van der Waals surface area contributed by atoms with Gasteiger partial charge in [0.25, 0.3) is 5.91 Å². The van der Waals surface area contributed by atoms with Crippen molar-refractivity contribution in [2.45, 2.75) is 0 Å². The van der Waals surface area contributed by atoms with Gasteiger partial charge in [-0.05, 0) is 30.3 Å². The molecule has 2 aromatic heterocycles. The van der Waals surface area contributed by atoms with Crippen LogP contribution in [0.3, 0.4) is 0 Å². The Morgan fingerprint density at radius 2 is 1.96 bits per heavy atom. The van der Waals surface area contributed by atoms with E-state index in [0.29, 0.717) is 5.56 Å². The fraction of sp³-hybridized carbons (Fsp3) is 0. The summed E-state index contributed by atoms with van der Waals surface area (Å²) in [6.07, 6.45) is 5.27. The summed E-state index contributed by atoms with van der Waals surface area (Å²) < 4.78 is 1.68. The van der Waals surface area contributed by atoms with Crippen LogP contribution in [0.4, 0.5) is 5.69 Å². The predicted octanol–water partition coefficient (Wildman–Crippen LogP) is 4.25. The van der Waals surface area contributed by atoms with E-state index in [1.54, 1.807) is 34.5 Å². The van der Waals surface area contributed by atoms with Crippen molar-refractivity contribution in [1.82, 2.24) is 14.8 Å². The van der Waals surface area contributed by atoms with E-state index in [-0.39, 0.29) is 5.91 Å². The molecule has 1 N–H and O–H groups in total. The lowest BCUT2D eigenvalue weighted by atomic mass is 10.1. The molecule has 6 heteroatoms. The second-order valence-corrected chi connectivity index (χ2v) is 6.23. The molecule has 0 unspecified atom stereocenters. The number of hydrogen-bond acceptors (Lipinski definition) is 4. The summed E-state index contributed by atoms with van der Waals surface area (Å²) in [7, 11) is 0. The van der Waals surface area contributed by atoms with Crippen molar-refractivity contribution in [3.05, 3.63) is 84.1 Å². The van der Waals surface area contributed by atoms with Gasteiger partial charge in [-0.1, -0.05) is 24.3 Å². The SMILES string of the molecule is O=C(Nc1cccc(-c2nccs2)c1)c1ccccc1-n1cccn1. The first-order valence-corrected chi connectivity index (χ1v) is 8.59. The van der Waals surface area contributed by atoms with Crippen LogP contribution in [-0.2, 0) is 0 Å². The molecule has 4 aromatic rings. The fourth-order valence-corrected chi connectivity index (χ4v) is 3.21. The topological polar surface area (TPSA) is 59.8 Å². The number of rotatable bonds is 4. The minimum atomic E-state index is -0.178. The summed E-state index contributed by atoms with van der Waals surface area (Å²) in [6.45, 7) is 0. The van der Waals surface area contributed by atoms with Crippen LogP contribution in [0.15, 0.2) is 78.6 Å². The maximum Gasteiger partial charge on any atom is 0.257 e. The normalized spacial score (nSPS) is 10.6. The zero-order valence-corrected chi connectivity index (χ0v) is 14.0. The number of anilines is 1. The smallest absolute Gasteiger partial charge is 0.257 e. The van der Waals surface area contributed by atoms with Crippen LogP contribution in [-0.4, -0.2) is 20.7 Å². The van der Waals surface area contributed by atoms with Crippen molar-refractivity contribution >= 4 is 22.9 Å². The van der Waals surface area contributed by atoms with Crippen molar-refractivity contribution < 1.29 is 4.79 Å². The molecule has 2 heterocycles. The minimum Gasteiger partial charge on any atom is -0.322 e. The molecule has 4 rings (SSSR count). The summed E-state index contributed by atoms with van der Waals surface area (Å²) in [5, 5.41) is 10.0. The van der Waals surface area contributed by atoms with Crippen molar-refractivity contribution in [3.8, 4) is 16.3 Å². The quantitative estimate of drug-likeness (QED) is 0.601. The van der Waals surface area contributed by atoms with Gasteiger partial charge in [-0.25, -0.2) is 9.67 Å². The standard InChI is InChI=1S/C19H14N4OS/c24-18(16-7-1-2-8-17(16)23-11-4-9-21-23)22-15-6-3-5-14(13-15)19-20-10-12-25-19/h1-13H,(H,22,24). The monoisotopic (exact) mass is 346 g/mol. The van der Waals surface area contributed by atoms with E-state index in [4.69, 9.17) is 0 Å². The van der Waals surface area contributed by atoms with E-state index in [2.05, 4.69) is 15.4 Å². The molecule has 0 aliphatic carbocycles. The molecule has 122 valence electrons. The Balaban J connectivity index is 1.63. The lowest BCUT2D eigenvalue weighted by molar-refractivity contribution is 0.102. The van der Waals surface area contributed by atoms with Crippen LogP contribution >= 0.6 is 11.3 Å². The first-order valence-electron chi connectivity index (χ1n) is 7.71. The van der Waals surface area contributed by atoms with Crippen LogP contribution in [0.1, 0.15) is 10.4 Å². The number of aromatic nitrogens is 3. The van der Waals surface area contributed by atoms with Gasteiger partial charge in [-0.2, -0.15) is 5.10 Å². The number of carbonyl (C=O) groups is 1. The fourth-order valence-electron chi connectivity index (χ4n) is 2.57. The average molecular weight is 346 g/mol. The van der Waals surface area contributed by atoms with Gasteiger partial charge in [-0.15, -0.1) is 11.3 Å². The molecule has 0 radical (unpaired) electrons. The third-order valence-electron chi connectivity index (χ3n) is 3.70. The Kier molecular flexibility index (Phi) is 4.10. The third-order valence-corrected chi connectivity index (χ3v) is 4.52. The summed E-state index contributed by atoms with van der Waals surface area (Å²) in [5.74, 6) is -0.178. The molecule has 0 spiro atoms. The molecule has 0 fully saturated rings. The Labute approximate surface area is 148 Å². The first-order chi connectivity index (χ1) is 12.3. The number of para-hydroxylation sites is 1. The van der Waals surface area contributed by atoms with Crippen molar-refractivity contribution in [2.24, 2.45) is 0 Å². The molecule has 25 heavy (non-hydrogen) atoms. The van der Waals surface area contributed by atoms with E-state index in [1.807, 2.05) is 60.1 Å². The zero-order chi connectivity index (χ0) is 17.1. The molecule has 0 bridgehead atoms. The highest BCUT2D eigenvalue weighted by Crippen LogP contribution is 2.25. The van der Waals surface area contributed by atoms with Gasteiger partial charge in [0, 0.05) is 35.2 Å². The molecule has 0 aliphatic rings. The number of nitrogens with one attached hydrogen (secondary N) is 1. The molecule has 1 amide bonds. The molecule has 0 saturated heterocycles. The molecule has 0 atom stereocenters. The Hall–Kier alpha value is -3.25. The van der Waals surface area contributed by atoms with Crippen molar-refractivity contribution in [1.29, 1.82) is 0 Å². The molecule has 5 nitrogen and oxygen atoms in total. The summed E-state index contributed by atoms with van der Waals surface area (Å²) in [6, 6.07) is 16.9. The van der Waals surface area contributed by atoms with Crippen LogP contribution in [0.5, 0.6) is 0 Å². The summed E-state index contributed by atoms with van der Waals surface area (Å²) in [5.41, 5.74) is 3.01. The molecule has 2 aromatic carbocycles. The van der Waals surface area contributed by atoms with Crippen molar-refractivity contribution in [2.75, 3.05) is 5.32 Å². The average Bonchev–Trinajstić information content (AvgIpc) is 3.36. The number of thiazole rings is 1. The van der Waals surface area contributed by atoms with Crippen LogP contribution in [0.25, 0.3) is 16.3 Å². The van der Waals surface area contributed by atoms with E-state index >= 15 is 0 Å². The first kappa shape index (κ1) is 15.3. The van der Waals surface area contributed by atoms with E-state index in [1.165, 1.54) is 0 Å². The highest BCUT2D eigenvalue weighted by atomic mass is 32.1. The number of carbonyl (C=O) groups excluding carboxylic acids is 1. The minimum absolute atomic E-state index is 0.178. The van der Waals surface area contributed by atoms with E-state index in [9.17, 15) is 4.79 Å². The lowest BCUT2D eigenvalue weighted by Crippen LogP contribution is -2.15. The van der Waals surface area contributed by atoms with Gasteiger partial charge in [0.2, 0.25) is 0 Å². The second-order valence-electron chi connectivity index (χ2n) is 5.34. The summed E-state index contributed by atoms with van der Waals surface area (Å²) >= 11 is 1.57. The van der Waals surface area contributed by atoms with Gasteiger partial charge in [0.05, 0.1) is 11.3 Å². The largest absolute Gasteiger partial charge is 0.322 e. The van der Waals surface area contributed by atoms with Gasteiger partial charge in [0.15, 0.2) is 0 Å². The Morgan fingerprint density at radius 3 is 2.76 bits per heavy atom. The maximum atomic E-state index is 12.8. The van der Waals surface area contributed by atoms with Crippen molar-refractivity contribution in [3.63, 3.8) is 0 Å². The van der Waals surface area contributed by atoms with Crippen LogP contribution < -0.4 is 5.32 Å². The highest BCUT2D eigenvalue weighted by Gasteiger charge is 2.13. The third kappa shape index (κ3) is 3.20. The van der Waals surface area contributed by atoms with E-state index in [0.717, 1.165) is 21.9 Å².